The van der Waals surface area contributed by atoms with Crippen molar-refractivity contribution in [2.45, 2.75) is 19.9 Å². The molecule has 0 aromatic carbocycles. The lowest BCUT2D eigenvalue weighted by atomic mass is 10.1. The molecule has 0 aliphatic carbocycles. The van der Waals surface area contributed by atoms with Crippen molar-refractivity contribution in [2.24, 2.45) is 5.73 Å². The largest absolute Gasteiger partial charge is 0.324 e. The molecule has 0 radical (unpaired) electrons. The number of nitrogens with zero attached hydrogens (tertiary/aromatic N) is 3. The second kappa shape index (κ2) is 4.89. The Hall–Kier alpha value is -1.33. The van der Waals surface area contributed by atoms with Gasteiger partial charge in [-0.1, -0.05) is 0 Å². The van der Waals surface area contributed by atoms with E-state index in [1.54, 1.807) is 12.4 Å². The van der Waals surface area contributed by atoms with Crippen LogP contribution in [0.1, 0.15) is 24.2 Å². The summed E-state index contributed by atoms with van der Waals surface area (Å²) in [5.41, 5.74) is 8.44. The monoisotopic (exact) mass is 292 g/mol. The minimum atomic E-state index is -0.0538. The van der Waals surface area contributed by atoms with E-state index in [-0.39, 0.29) is 6.04 Å². The number of pyridine rings is 1. The van der Waals surface area contributed by atoms with Gasteiger partial charge < -0.3 is 5.73 Å². The van der Waals surface area contributed by atoms with Crippen LogP contribution in [0.5, 0.6) is 0 Å². The molecule has 1 atom stereocenters. The van der Waals surface area contributed by atoms with Crippen molar-refractivity contribution in [3.8, 4) is 11.5 Å². The van der Waals surface area contributed by atoms with E-state index in [2.05, 4.69) is 30.9 Å². The Morgan fingerprint density at radius 3 is 2.53 bits per heavy atom. The van der Waals surface area contributed by atoms with Crippen LogP contribution in [0.15, 0.2) is 29.0 Å². The van der Waals surface area contributed by atoms with Gasteiger partial charge in [-0.15, -0.1) is 0 Å². The van der Waals surface area contributed by atoms with Gasteiger partial charge in [-0.05, 0) is 41.9 Å². The van der Waals surface area contributed by atoms with Crippen LogP contribution >= 0.6 is 15.9 Å². The van der Waals surface area contributed by atoms with Crippen LogP contribution in [0.25, 0.3) is 11.5 Å². The van der Waals surface area contributed by atoms with Crippen molar-refractivity contribution in [3.05, 3.63) is 40.3 Å². The van der Waals surface area contributed by atoms with Gasteiger partial charge in [-0.3, -0.25) is 4.98 Å². The first-order valence-electron chi connectivity index (χ1n) is 5.29. The minimum Gasteiger partial charge on any atom is -0.324 e. The fraction of sp³-hybridized carbons (Fsp3) is 0.250. The maximum atomic E-state index is 5.82. The Kier molecular flexibility index (Phi) is 3.49. The summed E-state index contributed by atoms with van der Waals surface area (Å²) in [7, 11) is 0. The van der Waals surface area contributed by atoms with Gasteiger partial charge in [-0.2, -0.15) is 0 Å². The Morgan fingerprint density at radius 2 is 2.00 bits per heavy atom. The fourth-order valence-electron chi connectivity index (χ4n) is 1.55. The van der Waals surface area contributed by atoms with E-state index >= 15 is 0 Å². The number of nitrogens with two attached hydrogens (primary N) is 1. The van der Waals surface area contributed by atoms with Gasteiger partial charge in [0.25, 0.3) is 0 Å². The van der Waals surface area contributed by atoms with E-state index in [1.807, 2.05) is 26.0 Å². The van der Waals surface area contributed by atoms with Crippen molar-refractivity contribution < 1.29 is 0 Å². The molecule has 0 amide bonds. The molecule has 17 heavy (non-hydrogen) atoms. The molecule has 2 N–H and O–H groups in total. The molecule has 0 aliphatic heterocycles. The average molecular weight is 293 g/mol. The molecule has 2 aromatic heterocycles. The lowest BCUT2D eigenvalue weighted by molar-refractivity contribution is 0.790. The van der Waals surface area contributed by atoms with Gasteiger partial charge in [0.05, 0.1) is 0 Å². The van der Waals surface area contributed by atoms with Crippen LogP contribution in [0, 0.1) is 6.92 Å². The van der Waals surface area contributed by atoms with Crippen molar-refractivity contribution in [1.29, 1.82) is 0 Å². The third-order valence-corrected chi connectivity index (χ3v) is 2.93. The third kappa shape index (κ3) is 2.68. The molecule has 2 aromatic rings. The molecule has 2 rings (SSSR count). The predicted molar refractivity (Wildman–Crippen MR) is 70.3 cm³/mol. The number of hydrogen-bond acceptors (Lipinski definition) is 4. The van der Waals surface area contributed by atoms with Crippen LogP contribution in [0.2, 0.25) is 0 Å². The van der Waals surface area contributed by atoms with E-state index < -0.39 is 0 Å². The number of halogens is 1. The highest BCUT2D eigenvalue weighted by atomic mass is 79.9. The first-order chi connectivity index (χ1) is 8.08. The summed E-state index contributed by atoms with van der Waals surface area (Å²) in [5, 5.41) is 0. The minimum absolute atomic E-state index is 0.0538. The standard InChI is InChI=1S/C12H13BrN4/c1-7(14)10-6-16-12(17-8(10)2)11-4-3-9(13)5-15-11/h3-7H,14H2,1-2H3/t7-/m0/s1. The van der Waals surface area contributed by atoms with Crippen LogP contribution in [-0.4, -0.2) is 15.0 Å². The summed E-state index contributed by atoms with van der Waals surface area (Å²) in [4.78, 5) is 13.0. The van der Waals surface area contributed by atoms with Gasteiger partial charge in [0.1, 0.15) is 5.69 Å². The van der Waals surface area contributed by atoms with E-state index in [0.29, 0.717) is 5.82 Å². The molecule has 0 bridgehead atoms. The quantitative estimate of drug-likeness (QED) is 0.924. The van der Waals surface area contributed by atoms with Gasteiger partial charge in [0.2, 0.25) is 0 Å². The zero-order valence-corrected chi connectivity index (χ0v) is 11.3. The summed E-state index contributed by atoms with van der Waals surface area (Å²) in [6.45, 7) is 3.85. The fourth-order valence-corrected chi connectivity index (χ4v) is 1.79. The average Bonchev–Trinajstić information content (AvgIpc) is 2.29. The molecule has 0 unspecified atom stereocenters. The summed E-state index contributed by atoms with van der Waals surface area (Å²) >= 11 is 3.34. The summed E-state index contributed by atoms with van der Waals surface area (Å²) in [6.07, 6.45) is 3.50. The summed E-state index contributed by atoms with van der Waals surface area (Å²) in [6, 6.07) is 3.74. The summed E-state index contributed by atoms with van der Waals surface area (Å²) < 4.78 is 0.935. The zero-order chi connectivity index (χ0) is 12.4. The van der Waals surface area contributed by atoms with Crippen molar-refractivity contribution >= 4 is 15.9 Å². The molecular formula is C12H13BrN4. The molecule has 0 saturated carbocycles. The molecule has 0 aliphatic rings. The van der Waals surface area contributed by atoms with E-state index in [0.717, 1.165) is 21.4 Å². The summed E-state index contributed by atoms with van der Waals surface area (Å²) in [5.74, 6) is 0.624. The van der Waals surface area contributed by atoms with Crippen LogP contribution in [-0.2, 0) is 0 Å². The second-order valence-corrected chi connectivity index (χ2v) is 4.80. The Labute approximate surface area is 108 Å². The number of aryl methyl sites for hydroxylation is 1. The molecule has 88 valence electrons. The topological polar surface area (TPSA) is 64.7 Å². The molecular weight excluding hydrogens is 280 g/mol. The van der Waals surface area contributed by atoms with Crippen molar-refractivity contribution in [2.75, 3.05) is 0 Å². The Balaban J connectivity index is 2.41. The maximum absolute atomic E-state index is 5.82. The zero-order valence-electron chi connectivity index (χ0n) is 9.68. The molecule has 0 fully saturated rings. The van der Waals surface area contributed by atoms with E-state index in [4.69, 9.17) is 5.73 Å². The predicted octanol–water partition coefficient (Wildman–Crippen LogP) is 2.63. The van der Waals surface area contributed by atoms with E-state index in [9.17, 15) is 0 Å². The van der Waals surface area contributed by atoms with Crippen LogP contribution in [0.4, 0.5) is 0 Å². The SMILES string of the molecule is Cc1nc(-c2ccc(Br)cn2)ncc1[C@H](C)N. The number of aromatic nitrogens is 3. The third-order valence-electron chi connectivity index (χ3n) is 2.46. The second-order valence-electron chi connectivity index (χ2n) is 3.88. The number of rotatable bonds is 2. The van der Waals surface area contributed by atoms with Gasteiger partial charge in [0, 0.05) is 34.2 Å². The first-order valence-corrected chi connectivity index (χ1v) is 6.08. The number of hydrogen-bond donors (Lipinski definition) is 1. The Morgan fingerprint density at radius 1 is 1.24 bits per heavy atom. The highest BCUT2D eigenvalue weighted by Crippen LogP contribution is 2.18. The molecule has 2 heterocycles. The van der Waals surface area contributed by atoms with Crippen LogP contribution in [0.3, 0.4) is 0 Å². The maximum Gasteiger partial charge on any atom is 0.178 e. The van der Waals surface area contributed by atoms with E-state index in [1.165, 1.54) is 0 Å². The van der Waals surface area contributed by atoms with Crippen LogP contribution < -0.4 is 5.73 Å². The Bertz CT molecular complexity index is 523. The van der Waals surface area contributed by atoms with Gasteiger partial charge in [-0.25, -0.2) is 9.97 Å². The smallest absolute Gasteiger partial charge is 0.178 e. The first kappa shape index (κ1) is 12.1. The molecule has 0 spiro atoms. The lowest BCUT2D eigenvalue weighted by Gasteiger charge is -2.09. The molecule has 5 heteroatoms. The normalized spacial score (nSPS) is 12.5. The highest BCUT2D eigenvalue weighted by molar-refractivity contribution is 9.10. The van der Waals surface area contributed by atoms with Gasteiger partial charge >= 0.3 is 0 Å². The molecule has 4 nitrogen and oxygen atoms in total. The van der Waals surface area contributed by atoms with Crippen molar-refractivity contribution in [1.82, 2.24) is 15.0 Å². The van der Waals surface area contributed by atoms with Crippen molar-refractivity contribution in [3.63, 3.8) is 0 Å². The highest BCUT2D eigenvalue weighted by Gasteiger charge is 2.09. The lowest BCUT2D eigenvalue weighted by Crippen LogP contribution is -2.09. The molecule has 0 saturated heterocycles. The van der Waals surface area contributed by atoms with Gasteiger partial charge in [0.15, 0.2) is 5.82 Å².